The SMILES string of the molecule is COc1cc(Cl)c(C)cc1NC(=O)C(C)Sc1nnc(C2COc3ccccc3O2)n1C. The van der Waals surface area contributed by atoms with E-state index in [9.17, 15) is 4.79 Å². The summed E-state index contributed by atoms with van der Waals surface area (Å²) >= 11 is 7.45. The summed E-state index contributed by atoms with van der Waals surface area (Å²) in [4.78, 5) is 12.8. The lowest BCUT2D eigenvalue weighted by Gasteiger charge is -2.25. The van der Waals surface area contributed by atoms with Gasteiger partial charge in [0.25, 0.3) is 0 Å². The first-order chi connectivity index (χ1) is 15.4. The van der Waals surface area contributed by atoms with Crippen LogP contribution in [0, 0.1) is 6.92 Å². The van der Waals surface area contributed by atoms with E-state index in [0.29, 0.717) is 45.5 Å². The largest absolute Gasteiger partial charge is 0.495 e. The average Bonchev–Trinajstić information content (AvgIpc) is 3.15. The van der Waals surface area contributed by atoms with E-state index in [1.807, 2.05) is 42.8 Å². The zero-order chi connectivity index (χ0) is 22.8. The number of anilines is 1. The lowest BCUT2D eigenvalue weighted by molar-refractivity contribution is -0.115. The molecule has 4 rings (SSSR count). The summed E-state index contributed by atoms with van der Waals surface area (Å²) in [5, 5.41) is 12.2. The van der Waals surface area contributed by atoms with E-state index < -0.39 is 5.25 Å². The van der Waals surface area contributed by atoms with Crippen molar-refractivity contribution in [3.05, 3.63) is 52.8 Å². The third-order valence-corrected chi connectivity index (χ3v) is 6.60. The Morgan fingerprint density at radius 3 is 2.81 bits per heavy atom. The van der Waals surface area contributed by atoms with Crippen molar-refractivity contribution in [2.45, 2.75) is 30.4 Å². The Labute approximate surface area is 195 Å². The van der Waals surface area contributed by atoms with Crippen LogP contribution in [0.15, 0.2) is 41.6 Å². The van der Waals surface area contributed by atoms with E-state index in [1.165, 1.54) is 18.9 Å². The van der Waals surface area contributed by atoms with Crippen molar-refractivity contribution < 1.29 is 19.0 Å². The fourth-order valence-electron chi connectivity index (χ4n) is 3.23. The Balaban J connectivity index is 1.44. The van der Waals surface area contributed by atoms with Gasteiger partial charge in [-0.2, -0.15) is 0 Å². The predicted molar refractivity (Wildman–Crippen MR) is 123 cm³/mol. The second kappa shape index (κ2) is 9.30. The third kappa shape index (κ3) is 4.49. The Kier molecular flexibility index (Phi) is 6.48. The summed E-state index contributed by atoms with van der Waals surface area (Å²) in [5.74, 6) is 2.32. The summed E-state index contributed by atoms with van der Waals surface area (Å²) in [7, 11) is 3.38. The van der Waals surface area contributed by atoms with Gasteiger partial charge in [-0.15, -0.1) is 10.2 Å². The molecule has 2 aromatic carbocycles. The molecule has 0 bridgehead atoms. The summed E-state index contributed by atoms with van der Waals surface area (Å²) in [6.45, 7) is 4.01. The maximum absolute atomic E-state index is 12.8. The molecule has 1 aromatic heterocycles. The average molecular weight is 475 g/mol. The quantitative estimate of drug-likeness (QED) is 0.529. The van der Waals surface area contributed by atoms with Crippen LogP contribution in [0.2, 0.25) is 5.02 Å². The van der Waals surface area contributed by atoms with Crippen LogP contribution in [0.25, 0.3) is 0 Å². The monoisotopic (exact) mass is 474 g/mol. The molecule has 2 atom stereocenters. The minimum Gasteiger partial charge on any atom is -0.495 e. The molecule has 1 aliphatic rings. The number of methoxy groups -OCH3 is 1. The predicted octanol–water partition coefficient (Wildman–Crippen LogP) is 4.42. The van der Waals surface area contributed by atoms with Crippen LogP contribution in [-0.2, 0) is 11.8 Å². The van der Waals surface area contributed by atoms with Crippen molar-refractivity contribution in [3.8, 4) is 17.2 Å². The van der Waals surface area contributed by atoms with Gasteiger partial charge in [-0.25, -0.2) is 0 Å². The van der Waals surface area contributed by atoms with Gasteiger partial charge >= 0.3 is 0 Å². The zero-order valence-electron chi connectivity index (χ0n) is 18.1. The number of nitrogens with zero attached hydrogens (tertiary/aromatic N) is 3. The van der Waals surface area contributed by atoms with Gasteiger partial charge in [0.2, 0.25) is 5.91 Å². The number of rotatable bonds is 6. The molecule has 168 valence electrons. The smallest absolute Gasteiger partial charge is 0.237 e. The first-order valence-corrected chi connectivity index (χ1v) is 11.2. The molecular weight excluding hydrogens is 452 g/mol. The van der Waals surface area contributed by atoms with Crippen molar-refractivity contribution in [2.24, 2.45) is 7.05 Å². The van der Waals surface area contributed by atoms with Crippen LogP contribution in [0.4, 0.5) is 5.69 Å². The number of aromatic nitrogens is 3. The topological polar surface area (TPSA) is 87.5 Å². The lowest BCUT2D eigenvalue weighted by atomic mass is 10.2. The van der Waals surface area contributed by atoms with Crippen LogP contribution >= 0.6 is 23.4 Å². The van der Waals surface area contributed by atoms with Gasteiger partial charge in [-0.3, -0.25) is 4.79 Å². The van der Waals surface area contributed by atoms with Crippen molar-refractivity contribution in [3.63, 3.8) is 0 Å². The molecule has 0 saturated carbocycles. The molecule has 8 nitrogen and oxygen atoms in total. The van der Waals surface area contributed by atoms with Crippen LogP contribution in [-0.4, -0.2) is 39.6 Å². The van der Waals surface area contributed by atoms with E-state index >= 15 is 0 Å². The number of carbonyl (C=O) groups excluding carboxylic acids is 1. The van der Waals surface area contributed by atoms with Crippen molar-refractivity contribution in [2.75, 3.05) is 19.0 Å². The Morgan fingerprint density at radius 2 is 2.06 bits per heavy atom. The number of benzene rings is 2. The van der Waals surface area contributed by atoms with Crippen LogP contribution in [0.3, 0.4) is 0 Å². The second-order valence-electron chi connectivity index (χ2n) is 7.32. The molecule has 2 heterocycles. The molecule has 10 heteroatoms. The molecule has 0 spiro atoms. The highest BCUT2D eigenvalue weighted by molar-refractivity contribution is 8.00. The highest BCUT2D eigenvalue weighted by Crippen LogP contribution is 2.36. The minimum atomic E-state index is -0.435. The fourth-order valence-corrected chi connectivity index (χ4v) is 4.21. The maximum Gasteiger partial charge on any atom is 0.237 e. The van der Waals surface area contributed by atoms with Crippen molar-refractivity contribution >= 4 is 35.0 Å². The summed E-state index contributed by atoms with van der Waals surface area (Å²) in [6, 6.07) is 11.0. The molecule has 2 unspecified atom stereocenters. The van der Waals surface area contributed by atoms with Crippen LogP contribution < -0.4 is 19.5 Å². The number of hydrogen-bond donors (Lipinski definition) is 1. The van der Waals surface area contributed by atoms with Gasteiger partial charge in [-0.05, 0) is 37.6 Å². The number of thioether (sulfide) groups is 1. The summed E-state index contributed by atoms with van der Waals surface area (Å²) < 4.78 is 19.0. The van der Waals surface area contributed by atoms with Crippen LogP contribution in [0.5, 0.6) is 17.2 Å². The Hall–Kier alpha value is -2.91. The van der Waals surface area contributed by atoms with Gasteiger partial charge < -0.3 is 24.1 Å². The molecule has 1 amide bonds. The van der Waals surface area contributed by atoms with E-state index in [2.05, 4.69) is 15.5 Å². The molecule has 0 radical (unpaired) electrons. The Bertz CT molecular complexity index is 1150. The van der Waals surface area contributed by atoms with Gasteiger partial charge in [-0.1, -0.05) is 35.5 Å². The Morgan fingerprint density at radius 1 is 1.31 bits per heavy atom. The van der Waals surface area contributed by atoms with Gasteiger partial charge in [0.15, 0.2) is 28.6 Å². The van der Waals surface area contributed by atoms with E-state index in [-0.39, 0.29) is 12.0 Å². The van der Waals surface area contributed by atoms with Gasteiger partial charge in [0, 0.05) is 18.1 Å². The first kappa shape index (κ1) is 22.3. The number of carbonyl (C=O) groups is 1. The summed E-state index contributed by atoms with van der Waals surface area (Å²) in [5.41, 5.74) is 1.41. The first-order valence-electron chi connectivity index (χ1n) is 9.96. The second-order valence-corrected chi connectivity index (χ2v) is 9.03. The lowest BCUT2D eigenvalue weighted by Crippen LogP contribution is -2.25. The number of fused-ring (bicyclic) bond motifs is 1. The molecule has 32 heavy (non-hydrogen) atoms. The number of halogens is 1. The maximum atomic E-state index is 12.8. The summed E-state index contributed by atoms with van der Waals surface area (Å²) in [6.07, 6.45) is -0.387. The number of para-hydroxylation sites is 2. The number of ether oxygens (including phenoxy) is 3. The highest BCUT2D eigenvalue weighted by Gasteiger charge is 2.28. The highest BCUT2D eigenvalue weighted by atomic mass is 35.5. The van der Waals surface area contributed by atoms with Gasteiger partial charge in [0.05, 0.1) is 18.0 Å². The molecule has 0 aliphatic carbocycles. The minimum absolute atomic E-state index is 0.189. The number of aryl methyl sites for hydroxylation is 1. The number of amides is 1. The fraction of sp³-hybridized carbons (Fsp3) is 0.318. The molecule has 0 saturated heterocycles. The van der Waals surface area contributed by atoms with Crippen molar-refractivity contribution in [1.29, 1.82) is 0 Å². The standard InChI is InChI=1S/C22H23ClN4O4S/c1-12-9-15(18(29-4)10-14(12)23)24-21(28)13(2)32-22-26-25-20(27(22)3)19-11-30-16-7-5-6-8-17(16)31-19/h5-10,13,19H,11H2,1-4H3,(H,24,28). The molecule has 1 N–H and O–H groups in total. The van der Waals surface area contributed by atoms with Crippen molar-refractivity contribution in [1.82, 2.24) is 14.8 Å². The normalized spacial score (nSPS) is 15.8. The number of nitrogens with one attached hydrogen (secondary N) is 1. The van der Waals surface area contributed by atoms with Crippen LogP contribution in [0.1, 0.15) is 24.4 Å². The molecule has 1 aliphatic heterocycles. The third-order valence-electron chi connectivity index (χ3n) is 5.06. The van der Waals surface area contributed by atoms with E-state index in [1.54, 1.807) is 19.1 Å². The molecule has 0 fully saturated rings. The zero-order valence-corrected chi connectivity index (χ0v) is 19.7. The van der Waals surface area contributed by atoms with E-state index in [4.69, 9.17) is 25.8 Å². The molecular formula is C22H23ClN4O4S. The van der Waals surface area contributed by atoms with E-state index in [0.717, 1.165) is 5.56 Å². The molecule has 3 aromatic rings. The number of hydrogen-bond acceptors (Lipinski definition) is 7. The van der Waals surface area contributed by atoms with Gasteiger partial charge in [0.1, 0.15) is 12.4 Å².